The van der Waals surface area contributed by atoms with Crippen LogP contribution in [0.4, 0.5) is 0 Å². The topological polar surface area (TPSA) is 66.0 Å². The van der Waals surface area contributed by atoms with Crippen LogP contribution in [0.3, 0.4) is 0 Å². The number of carboxylic acid groups (broad SMARTS) is 1. The molecular weight excluding hydrogens is 312 g/mol. The molecule has 4 heteroatoms. The molecular formula is C21H20N2O2. The molecule has 0 radical (unpaired) electrons. The number of nitrogens with zero attached hydrogens (tertiary/aromatic N) is 1. The molecule has 0 saturated heterocycles. The monoisotopic (exact) mass is 332 g/mol. The summed E-state index contributed by atoms with van der Waals surface area (Å²) in [6, 6.07) is 13.5. The van der Waals surface area contributed by atoms with E-state index in [4.69, 9.17) is 5.11 Å². The van der Waals surface area contributed by atoms with Crippen molar-refractivity contribution in [2.24, 2.45) is 0 Å². The maximum atomic E-state index is 11.0. The van der Waals surface area contributed by atoms with Gasteiger partial charge in [0.25, 0.3) is 0 Å². The molecule has 4 rings (SSSR count). The van der Waals surface area contributed by atoms with Crippen LogP contribution in [0.1, 0.15) is 39.9 Å². The van der Waals surface area contributed by atoms with Gasteiger partial charge in [0.05, 0.1) is 17.0 Å². The van der Waals surface area contributed by atoms with E-state index in [1.54, 1.807) is 24.3 Å². The van der Waals surface area contributed by atoms with Crippen LogP contribution in [0.5, 0.6) is 0 Å². The number of benzene rings is 2. The summed E-state index contributed by atoms with van der Waals surface area (Å²) >= 11 is 0. The predicted octanol–water partition coefficient (Wildman–Crippen LogP) is 4.63. The first kappa shape index (κ1) is 15.6. The molecule has 1 aliphatic carbocycles. The summed E-state index contributed by atoms with van der Waals surface area (Å²) in [5, 5.41) is 16.6. The minimum absolute atomic E-state index is 0.282. The average Bonchev–Trinajstić information content (AvgIpc) is 3.11. The Labute approximate surface area is 146 Å². The van der Waals surface area contributed by atoms with E-state index in [0.29, 0.717) is 0 Å². The molecule has 2 N–H and O–H groups in total. The van der Waals surface area contributed by atoms with E-state index in [1.807, 2.05) is 6.07 Å². The van der Waals surface area contributed by atoms with E-state index in [9.17, 15) is 4.79 Å². The molecule has 0 atom stereocenters. The SMILES string of the molecule is Cc1cc2c(cc1-c1cc(-c3ccc(C(=O)O)cc3)n[nH]1)CCCC2. The van der Waals surface area contributed by atoms with E-state index in [1.165, 1.54) is 41.5 Å². The molecule has 0 bridgehead atoms. The Morgan fingerprint density at radius 1 is 1.04 bits per heavy atom. The second-order valence-corrected chi connectivity index (χ2v) is 6.69. The number of rotatable bonds is 3. The van der Waals surface area contributed by atoms with E-state index in [2.05, 4.69) is 29.3 Å². The van der Waals surface area contributed by atoms with Gasteiger partial charge in [-0.3, -0.25) is 5.10 Å². The van der Waals surface area contributed by atoms with E-state index in [-0.39, 0.29) is 5.56 Å². The Bertz CT molecular complexity index is 939. The molecule has 1 aliphatic rings. The highest BCUT2D eigenvalue weighted by atomic mass is 16.4. The van der Waals surface area contributed by atoms with Gasteiger partial charge in [0.2, 0.25) is 0 Å². The van der Waals surface area contributed by atoms with Crippen LogP contribution in [0, 0.1) is 6.92 Å². The van der Waals surface area contributed by atoms with Crippen molar-refractivity contribution in [3.63, 3.8) is 0 Å². The molecule has 126 valence electrons. The van der Waals surface area contributed by atoms with Crippen LogP contribution < -0.4 is 0 Å². The summed E-state index contributed by atoms with van der Waals surface area (Å²) in [7, 11) is 0. The zero-order chi connectivity index (χ0) is 17.4. The quantitative estimate of drug-likeness (QED) is 0.735. The van der Waals surface area contributed by atoms with Crippen molar-refractivity contribution in [3.8, 4) is 22.5 Å². The van der Waals surface area contributed by atoms with E-state index >= 15 is 0 Å². The summed E-state index contributed by atoms with van der Waals surface area (Å²) in [5.41, 5.74) is 8.41. The van der Waals surface area contributed by atoms with Crippen molar-refractivity contribution in [1.82, 2.24) is 10.2 Å². The van der Waals surface area contributed by atoms with Crippen LogP contribution in [-0.4, -0.2) is 21.3 Å². The van der Waals surface area contributed by atoms with Gasteiger partial charge in [0.1, 0.15) is 0 Å². The molecule has 0 aliphatic heterocycles. The highest BCUT2D eigenvalue weighted by Gasteiger charge is 2.14. The van der Waals surface area contributed by atoms with Crippen LogP contribution in [-0.2, 0) is 12.8 Å². The first-order chi connectivity index (χ1) is 12.1. The number of aromatic nitrogens is 2. The maximum Gasteiger partial charge on any atom is 0.335 e. The fourth-order valence-electron chi connectivity index (χ4n) is 3.59. The van der Waals surface area contributed by atoms with Crippen molar-refractivity contribution in [1.29, 1.82) is 0 Å². The fourth-order valence-corrected chi connectivity index (χ4v) is 3.59. The molecule has 3 aromatic rings. The summed E-state index contributed by atoms with van der Waals surface area (Å²) < 4.78 is 0. The Balaban J connectivity index is 1.68. The molecule has 0 amide bonds. The number of nitrogens with one attached hydrogen (secondary N) is 1. The molecule has 25 heavy (non-hydrogen) atoms. The zero-order valence-electron chi connectivity index (χ0n) is 14.2. The van der Waals surface area contributed by atoms with Gasteiger partial charge in [-0.15, -0.1) is 0 Å². The molecule has 0 unspecified atom stereocenters. The van der Waals surface area contributed by atoms with Crippen molar-refractivity contribution >= 4 is 5.97 Å². The summed E-state index contributed by atoms with van der Waals surface area (Å²) in [6.45, 7) is 2.15. The van der Waals surface area contributed by atoms with Crippen molar-refractivity contribution < 1.29 is 9.90 Å². The predicted molar refractivity (Wildman–Crippen MR) is 97.8 cm³/mol. The zero-order valence-corrected chi connectivity index (χ0v) is 14.2. The average molecular weight is 332 g/mol. The lowest BCUT2D eigenvalue weighted by Crippen LogP contribution is -2.03. The molecule has 0 spiro atoms. The Morgan fingerprint density at radius 3 is 2.40 bits per heavy atom. The molecule has 0 fully saturated rings. The third-order valence-corrected chi connectivity index (χ3v) is 4.98. The number of aromatic amines is 1. The van der Waals surface area contributed by atoms with Gasteiger partial charge in [0, 0.05) is 11.1 Å². The number of fused-ring (bicyclic) bond motifs is 1. The summed E-state index contributed by atoms with van der Waals surface area (Å²) in [4.78, 5) is 11.0. The number of hydrogen-bond donors (Lipinski definition) is 2. The van der Waals surface area contributed by atoms with Gasteiger partial charge < -0.3 is 5.11 Å². The molecule has 1 aromatic heterocycles. The lowest BCUT2D eigenvalue weighted by atomic mass is 9.87. The van der Waals surface area contributed by atoms with Crippen LogP contribution in [0.2, 0.25) is 0 Å². The second kappa shape index (κ2) is 6.20. The lowest BCUT2D eigenvalue weighted by molar-refractivity contribution is 0.0697. The number of carboxylic acids is 1. The molecule has 4 nitrogen and oxygen atoms in total. The smallest absolute Gasteiger partial charge is 0.335 e. The third-order valence-electron chi connectivity index (χ3n) is 4.98. The van der Waals surface area contributed by atoms with Crippen molar-refractivity contribution in [2.45, 2.75) is 32.6 Å². The van der Waals surface area contributed by atoms with E-state index in [0.717, 1.165) is 23.4 Å². The standard InChI is InChI=1S/C21H20N2O2/c1-13-10-16-4-2-3-5-17(16)11-18(13)20-12-19(22-23-20)14-6-8-15(9-7-14)21(24)25/h6-12H,2-5H2,1H3,(H,22,23)(H,24,25). The fraction of sp³-hybridized carbons (Fsp3) is 0.238. The lowest BCUT2D eigenvalue weighted by Gasteiger charge is -2.18. The van der Waals surface area contributed by atoms with Crippen LogP contribution >= 0.6 is 0 Å². The van der Waals surface area contributed by atoms with Gasteiger partial charge in [-0.05, 0) is 73.6 Å². The molecule has 2 aromatic carbocycles. The summed E-state index contributed by atoms with van der Waals surface area (Å²) in [6.07, 6.45) is 4.88. The number of aryl methyl sites for hydroxylation is 3. The minimum Gasteiger partial charge on any atom is -0.478 e. The third kappa shape index (κ3) is 2.95. The number of hydrogen-bond acceptors (Lipinski definition) is 2. The maximum absolute atomic E-state index is 11.0. The number of H-pyrrole nitrogens is 1. The van der Waals surface area contributed by atoms with Gasteiger partial charge in [0.15, 0.2) is 0 Å². The highest BCUT2D eigenvalue weighted by molar-refractivity contribution is 5.88. The Hall–Kier alpha value is -2.88. The van der Waals surface area contributed by atoms with Gasteiger partial charge in [-0.25, -0.2) is 4.79 Å². The Kier molecular flexibility index (Phi) is 3.88. The minimum atomic E-state index is -0.918. The first-order valence-corrected chi connectivity index (χ1v) is 8.64. The van der Waals surface area contributed by atoms with Gasteiger partial charge >= 0.3 is 5.97 Å². The summed E-state index contributed by atoms with van der Waals surface area (Å²) in [5.74, 6) is -0.918. The van der Waals surface area contributed by atoms with Crippen LogP contribution in [0.15, 0.2) is 42.5 Å². The number of aromatic carboxylic acids is 1. The van der Waals surface area contributed by atoms with Crippen molar-refractivity contribution in [3.05, 3.63) is 64.7 Å². The van der Waals surface area contributed by atoms with Crippen molar-refractivity contribution in [2.75, 3.05) is 0 Å². The van der Waals surface area contributed by atoms with Gasteiger partial charge in [-0.2, -0.15) is 5.10 Å². The van der Waals surface area contributed by atoms with Crippen LogP contribution in [0.25, 0.3) is 22.5 Å². The number of carbonyl (C=O) groups is 1. The van der Waals surface area contributed by atoms with E-state index < -0.39 is 5.97 Å². The second-order valence-electron chi connectivity index (χ2n) is 6.69. The largest absolute Gasteiger partial charge is 0.478 e. The highest BCUT2D eigenvalue weighted by Crippen LogP contribution is 2.31. The van der Waals surface area contributed by atoms with Gasteiger partial charge in [-0.1, -0.05) is 18.2 Å². The molecule has 1 heterocycles. The Morgan fingerprint density at radius 2 is 1.72 bits per heavy atom. The normalized spacial score (nSPS) is 13.5. The molecule has 0 saturated carbocycles. The first-order valence-electron chi connectivity index (χ1n) is 8.64.